The first-order valence-electron chi connectivity index (χ1n) is 7.62. The molecule has 0 bridgehead atoms. The Labute approximate surface area is 137 Å². The maximum atomic E-state index is 12.2. The first kappa shape index (κ1) is 20.4. The third-order valence-corrected chi connectivity index (χ3v) is 3.08. The highest BCUT2D eigenvalue weighted by Gasteiger charge is 2.37. The van der Waals surface area contributed by atoms with E-state index in [1.807, 2.05) is 26.6 Å². The molecule has 0 radical (unpaired) electrons. The summed E-state index contributed by atoms with van der Waals surface area (Å²) in [6, 6.07) is 0. The molecule has 0 aromatic carbocycles. The molecule has 0 fully saturated rings. The number of carbonyl (C=O) groups excluding carboxylic acids is 1. The van der Waals surface area contributed by atoms with Crippen molar-refractivity contribution in [3.05, 3.63) is 49.2 Å². The lowest BCUT2D eigenvalue weighted by Gasteiger charge is -2.09. The van der Waals surface area contributed by atoms with Crippen LogP contribution in [0.1, 0.15) is 33.1 Å². The van der Waals surface area contributed by atoms with Crippen molar-refractivity contribution in [3.8, 4) is 0 Å². The summed E-state index contributed by atoms with van der Waals surface area (Å²) in [6.07, 6.45) is 7.69. The van der Waals surface area contributed by atoms with E-state index in [1.54, 1.807) is 16.7 Å². The average Bonchev–Trinajstić information content (AvgIpc) is 3.05. The minimum Gasteiger partial charge on any atom is -0.236 e. The van der Waals surface area contributed by atoms with E-state index in [-0.39, 0.29) is 5.91 Å². The number of amides is 1. The van der Waals surface area contributed by atoms with Gasteiger partial charge in [-0.3, -0.25) is 0 Å². The predicted octanol–water partition coefficient (Wildman–Crippen LogP) is 3.93. The van der Waals surface area contributed by atoms with Gasteiger partial charge in [0.1, 0.15) is 5.70 Å². The van der Waals surface area contributed by atoms with Crippen LogP contribution in [0.2, 0.25) is 0 Å². The van der Waals surface area contributed by atoms with Gasteiger partial charge in [0, 0.05) is 19.3 Å². The molecule has 22 heavy (non-hydrogen) atoms. The van der Waals surface area contributed by atoms with Crippen molar-refractivity contribution in [1.82, 2.24) is 0 Å². The normalized spacial score (nSPS) is 16.3. The van der Waals surface area contributed by atoms with Gasteiger partial charge in [0.05, 0.1) is 0 Å². The van der Waals surface area contributed by atoms with Crippen molar-refractivity contribution in [2.45, 2.75) is 33.1 Å². The molecule has 0 saturated heterocycles. The standard InChI is InChI=1S/C15H17N2O.C2H6.CH5P/c1-4-5-7-11(2)10-13-15(18)17-9-6-8-14(17)12(3)16-13;2*1-2/h4-5,7H,1-3,6,8-10H2;1-2H3;2H2,1H3/q+1;;/b7-5-;;. The fourth-order valence-electron chi connectivity index (χ4n) is 2.22. The van der Waals surface area contributed by atoms with Gasteiger partial charge in [0.15, 0.2) is 12.3 Å². The number of carbonyl (C=O) groups is 1. The highest BCUT2D eigenvalue weighted by Crippen LogP contribution is 2.19. The second kappa shape index (κ2) is 11.0. The summed E-state index contributed by atoms with van der Waals surface area (Å²) < 4.78 is 1.80. The lowest BCUT2D eigenvalue weighted by molar-refractivity contribution is -0.433. The summed E-state index contributed by atoms with van der Waals surface area (Å²) in [5, 5.41) is 0. The molecule has 0 aromatic rings. The number of hydrogen-bond acceptors (Lipinski definition) is 2. The third kappa shape index (κ3) is 5.31. The molecule has 0 N–H and O–H groups in total. The van der Waals surface area contributed by atoms with Crippen LogP contribution in [-0.4, -0.2) is 35.1 Å². The highest BCUT2D eigenvalue weighted by molar-refractivity contribution is 7.15. The fraction of sp³-hybridized carbons (Fsp3) is 0.389. The maximum Gasteiger partial charge on any atom is 0.434 e. The molecule has 120 valence electrons. The Morgan fingerprint density at radius 1 is 1.41 bits per heavy atom. The van der Waals surface area contributed by atoms with Gasteiger partial charge in [-0.05, 0) is 5.57 Å². The molecule has 0 aliphatic carbocycles. The third-order valence-electron chi connectivity index (χ3n) is 3.08. The van der Waals surface area contributed by atoms with Crippen LogP contribution in [0.15, 0.2) is 54.2 Å². The number of hydrogen-bond donors (Lipinski definition) is 0. The molecule has 2 aliphatic heterocycles. The molecule has 0 aromatic heterocycles. The summed E-state index contributed by atoms with van der Waals surface area (Å²) >= 11 is 0. The van der Waals surface area contributed by atoms with Gasteiger partial charge in [0.25, 0.3) is 0 Å². The second-order valence-corrected chi connectivity index (χ2v) is 4.44. The lowest BCUT2D eigenvalue weighted by Crippen LogP contribution is -2.34. The predicted molar refractivity (Wildman–Crippen MR) is 101 cm³/mol. The summed E-state index contributed by atoms with van der Waals surface area (Å²) in [5.74, 6) is 0.00283. The summed E-state index contributed by atoms with van der Waals surface area (Å²) in [7, 11) is 2.42. The van der Waals surface area contributed by atoms with Crippen molar-refractivity contribution in [2.24, 2.45) is 4.99 Å². The number of nitrogens with zero attached hydrogens (tertiary/aromatic N) is 2. The van der Waals surface area contributed by atoms with Gasteiger partial charge in [-0.25, -0.2) is 9.79 Å². The van der Waals surface area contributed by atoms with Gasteiger partial charge in [-0.1, -0.05) is 58.5 Å². The van der Waals surface area contributed by atoms with Crippen molar-refractivity contribution in [2.75, 3.05) is 13.2 Å². The zero-order valence-electron chi connectivity index (χ0n) is 14.1. The smallest absolute Gasteiger partial charge is 0.236 e. The molecule has 2 heterocycles. The Morgan fingerprint density at radius 3 is 2.64 bits per heavy atom. The van der Waals surface area contributed by atoms with Crippen LogP contribution in [0, 0.1) is 0 Å². The first-order chi connectivity index (χ1) is 10.6. The Bertz CT molecular complexity index is 539. The van der Waals surface area contributed by atoms with E-state index >= 15 is 0 Å². The van der Waals surface area contributed by atoms with Crippen LogP contribution in [0.4, 0.5) is 0 Å². The van der Waals surface area contributed by atoms with Crippen LogP contribution < -0.4 is 0 Å². The van der Waals surface area contributed by atoms with Gasteiger partial charge in [-0.15, -0.1) is 9.24 Å². The van der Waals surface area contributed by atoms with Crippen molar-refractivity contribution >= 4 is 26.6 Å². The van der Waals surface area contributed by atoms with Gasteiger partial charge in [-0.2, -0.15) is 4.58 Å². The molecule has 1 unspecified atom stereocenters. The van der Waals surface area contributed by atoms with E-state index in [0.717, 1.165) is 36.4 Å². The molecule has 2 rings (SSSR count). The molecule has 1 amide bonds. The molecule has 0 spiro atoms. The monoisotopic (exact) mass is 319 g/mol. The Hall–Kier alpha value is -1.60. The first-order valence-corrected chi connectivity index (χ1v) is 8.78. The van der Waals surface area contributed by atoms with Crippen LogP contribution in [-0.2, 0) is 4.79 Å². The van der Waals surface area contributed by atoms with Crippen molar-refractivity contribution in [3.63, 3.8) is 0 Å². The number of allylic oxidation sites excluding steroid dienone is 5. The fourth-order valence-corrected chi connectivity index (χ4v) is 2.22. The zero-order valence-corrected chi connectivity index (χ0v) is 15.2. The topological polar surface area (TPSA) is 32.4 Å². The van der Waals surface area contributed by atoms with E-state index in [2.05, 4.69) is 34.0 Å². The van der Waals surface area contributed by atoms with E-state index in [1.165, 1.54) is 0 Å². The molecular formula is C18H28N2OP+. The van der Waals surface area contributed by atoms with Crippen LogP contribution in [0.3, 0.4) is 0 Å². The van der Waals surface area contributed by atoms with E-state index in [4.69, 9.17) is 0 Å². The van der Waals surface area contributed by atoms with E-state index < -0.39 is 0 Å². The lowest BCUT2D eigenvalue weighted by atomic mass is 10.1. The number of rotatable bonds is 4. The Morgan fingerprint density at radius 2 is 2.05 bits per heavy atom. The summed E-state index contributed by atoms with van der Waals surface area (Å²) in [6.45, 7) is 18.1. The summed E-state index contributed by atoms with van der Waals surface area (Å²) in [4.78, 5) is 16.5. The maximum absolute atomic E-state index is 12.2. The second-order valence-electron chi connectivity index (χ2n) is 4.44. The van der Waals surface area contributed by atoms with Crippen LogP contribution in [0.5, 0.6) is 0 Å². The minimum atomic E-state index is 0.00283. The van der Waals surface area contributed by atoms with E-state index in [0.29, 0.717) is 12.1 Å². The molecule has 4 heteroatoms. The van der Waals surface area contributed by atoms with E-state index in [9.17, 15) is 4.79 Å². The zero-order chi connectivity index (χ0) is 17.1. The SMILES string of the molecule is C=C/C=C\C(=C)CC1=NC(=C)C2=[N+](CCC2)C1=O.CC.CP. The molecule has 2 aliphatic rings. The van der Waals surface area contributed by atoms with Gasteiger partial charge in [0.2, 0.25) is 5.71 Å². The van der Waals surface area contributed by atoms with Crippen molar-refractivity contribution in [1.29, 1.82) is 0 Å². The summed E-state index contributed by atoms with van der Waals surface area (Å²) in [5.41, 5.74) is 3.08. The van der Waals surface area contributed by atoms with Gasteiger partial charge >= 0.3 is 5.91 Å². The Kier molecular flexibility index (Phi) is 10.2. The molecular weight excluding hydrogens is 291 g/mol. The highest BCUT2D eigenvalue weighted by atomic mass is 31.0. The Balaban J connectivity index is 0.00000102. The van der Waals surface area contributed by atoms with Crippen molar-refractivity contribution < 1.29 is 9.37 Å². The molecule has 3 nitrogen and oxygen atoms in total. The average molecular weight is 319 g/mol. The minimum absolute atomic E-state index is 0.00283. The largest absolute Gasteiger partial charge is 0.434 e. The van der Waals surface area contributed by atoms with Gasteiger partial charge < -0.3 is 0 Å². The number of aliphatic imine (C=N–C) groups is 1. The van der Waals surface area contributed by atoms with Crippen LogP contribution >= 0.6 is 9.24 Å². The molecule has 0 saturated carbocycles. The van der Waals surface area contributed by atoms with Crippen LogP contribution in [0.25, 0.3) is 0 Å². The quantitative estimate of drug-likeness (QED) is 0.439. The molecule has 1 atom stereocenters.